The van der Waals surface area contributed by atoms with Gasteiger partial charge < -0.3 is 5.32 Å². The molecule has 0 aliphatic heterocycles. The molecular weight excluding hydrogens is 272 g/mol. The molecule has 1 aromatic rings. The van der Waals surface area contributed by atoms with Gasteiger partial charge in [0.1, 0.15) is 0 Å². The SMILES string of the molecule is CCCNC(C)C(C)S(=O)(=O)c1ccc(F)c(F)c1. The summed E-state index contributed by atoms with van der Waals surface area (Å²) in [7, 11) is -3.68. The van der Waals surface area contributed by atoms with E-state index in [-0.39, 0.29) is 10.9 Å². The second-order valence-electron chi connectivity index (χ2n) is 4.57. The van der Waals surface area contributed by atoms with Crippen molar-refractivity contribution in [3.05, 3.63) is 29.8 Å². The summed E-state index contributed by atoms with van der Waals surface area (Å²) in [6, 6.07) is 2.39. The van der Waals surface area contributed by atoms with E-state index in [1.54, 1.807) is 13.8 Å². The zero-order valence-corrected chi connectivity index (χ0v) is 12.1. The number of rotatable bonds is 6. The second-order valence-corrected chi connectivity index (χ2v) is 6.87. The van der Waals surface area contributed by atoms with E-state index in [9.17, 15) is 17.2 Å². The van der Waals surface area contributed by atoms with Gasteiger partial charge in [0.2, 0.25) is 0 Å². The van der Waals surface area contributed by atoms with Gasteiger partial charge in [-0.3, -0.25) is 0 Å². The first-order valence-corrected chi connectivity index (χ1v) is 7.77. The van der Waals surface area contributed by atoms with Crippen LogP contribution in [0.1, 0.15) is 27.2 Å². The lowest BCUT2D eigenvalue weighted by atomic mass is 10.2. The number of hydrogen-bond acceptors (Lipinski definition) is 3. The van der Waals surface area contributed by atoms with E-state index < -0.39 is 26.7 Å². The molecule has 1 N–H and O–H groups in total. The minimum Gasteiger partial charge on any atom is -0.313 e. The lowest BCUT2D eigenvalue weighted by molar-refractivity contribution is 0.498. The van der Waals surface area contributed by atoms with Crippen molar-refractivity contribution in [1.82, 2.24) is 5.32 Å². The summed E-state index contributed by atoms with van der Waals surface area (Å²) in [6.07, 6.45) is 0.891. The Kier molecular flexibility index (Phi) is 5.43. The summed E-state index contributed by atoms with van der Waals surface area (Å²) < 4.78 is 50.5. The highest BCUT2D eigenvalue weighted by molar-refractivity contribution is 7.92. The van der Waals surface area contributed by atoms with Crippen LogP contribution in [0.15, 0.2) is 23.1 Å². The van der Waals surface area contributed by atoms with Crippen LogP contribution in [0.5, 0.6) is 0 Å². The van der Waals surface area contributed by atoms with E-state index in [0.717, 1.165) is 24.6 Å². The zero-order valence-electron chi connectivity index (χ0n) is 11.3. The molecule has 1 rings (SSSR count). The highest BCUT2D eigenvalue weighted by atomic mass is 32.2. The van der Waals surface area contributed by atoms with Gasteiger partial charge in [-0.1, -0.05) is 6.92 Å². The molecule has 2 unspecified atom stereocenters. The van der Waals surface area contributed by atoms with Gasteiger partial charge >= 0.3 is 0 Å². The summed E-state index contributed by atoms with van der Waals surface area (Å²) in [5.74, 6) is -2.20. The maximum atomic E-state index is 13.1. The van der Waals surface area contributed by atoms with E-state index in [4.69, 9.17) is 0 Å². The molecular formula is C13H19F2NO2S. The minimum absolute atomic E-state index is 0.191. The third kappa shape index (κ3) is 3.73. The highest BCUT2D eigenvalue weighted by Crippen LogP contribution is 2.20. The van der Waals surface area contributed by atoms with E-state index in [1.807, 2.05) is 6.92 Å². The molecule has 0 fully saturated rings. The molecule has 108 valence electrons. The number of halogens is 2. The Bertz CT molecular complexity index is 531. The van der Waals surface area contributed by atoms with Crippen molar-refractivity contribution in [3.8, 4) is 0 Å². The third-order valence-electron chi connectivity index (χ3n) is 3.13. The van der Waals surface area contributed by atoms with Crippen LogP contribution in [0.25, 0.3) is 0 Å². The second kappa shape index (κ2) is 6.43. The van der Waals surface area contributed by atoms with E-state index in [1.165, 1.54) is 0 Å². The Morgan fingerprint density at radius 1 is 1.21 bits per heavy atom. The molecule has 0 spiro atoms. The molecule has 0 amide bonds. The van der Waals surface area contributed by atoms with Crippen LogP contribution in [0, 0.1) is 11.6 Å². The lowest BCUT2D eigenvalue weighted by Crippen LogP contribution is -2.40. The van der Waals surface area contributed by atoms with Crippen LogP contribution in [-0.2, 0) is 9.84 Å². The molecule has 0 aliphatic rings. The molecule has 0 radical (unpaired) electrons. The summed E-state index contributed by atoms with van der Waals surface area (Å²) in [6.45, 7) is 6.01. The molecule has 19 heavy (non-hydrogen) atoms. The number of nitrogens with one attached hydrogen (secondary N) is 1. The Morgan fingerprint density at radius 3 is 2.37 bits per heavy atom. The summed E-state index contributed by atoms with van der Waals surface area (Å²) >= 11 is 0. The first-order chi connectivity index (χ1) is 8.80. The molecule has 0 saturated heterocycles. The maximum Gasteiger partial charge on any atom is 0.182 e. The monoisotopic (exact) mass is 291 g/mol. The van der Waals surface area contributed by atoms with Gasteiger partial charge in [0.15, 0.2) is 21.5 Å². The molecule has 0 heterocycles. The smallest absolute Gasteiger partial charge is 0.182 e. The van der Waals surface area contributed by atoms with Gasteiger partial charge in [-0.2, -0.15) is 0 Å². The highest BCUT2D eigenvalue weighted by Gasteiger charge is 2.28. The van der Waals surface area contributed by atoms with Crippen molar-refractivity contribution in [2.24, 2.45) is 0 Å². The molecule has 2 atom stereocenters. The van der Waals surface area contributed by atoms with Crippen molar-refractivity contribution in [1.29, 1.82) is 0 Å². The largest absolute Gasteiger partial charge is 0.313 e. The zero-order chi connectivity index (χ0) is 14.6. The molecule has 1 aromatic carbocycles. The predicted octanol–water partition coefficient (Wildman–Crippen LogP) is 2.52. The fourth-order valence-corrected chi connectivity index (χ4v) is 3.26. The normalized spacial score (nSPS) is 15.2. The van der Waals surface area contributed by atoms with Crippen molar-refractivity contribution < 1.29 is 17.2 Å². The van der Waals surface area contributed by atoms with Gasteiger partial charge in [0, 0.05) is 6.04 Å². The lowest BCUT2D eigenvalue weighted by Gasteiger charge is -2.21. The van der Waals surface area contributed by atoms with Crippen molar-refractivity contribution in [2.75, 3.05) is 6.54 Å². The fourth-order valence-electron chi connectivity index (χ4n) is 1.68. The first kappa shape index (κ1) is 16.0. The fraction of sp³-hybridized carbons (Fsp3) is 0.538. The van der Waals surface area contributed by atoms with Crippen LogP contribution in [0.3, 0.4) is 0 Å². The standard InChI is InChI=1S/C13H19F2NO2S/c1-4-7-16-9(2)10(3)19(17,18)11-5-6-12(14)13(15)8-11/h5-6,8-10,16H,4,7H2,1-3H3. The van der Waals surface area contributed by atoms with Gasteiger partial charge in [-0.25, -0.2) is 17.2 Å². The molecule has 0 bridgehead atoms. The van der Waals surface area contributed by atoms with E-state index in [0.29, 0.717) is 6.54 Å². The van der Waals surface area contributed by atoms with Crippen LogP contribution < -0.4 is 5.32 Å². The Balaban J connectivity index is 2.99. The number of hydrogen-bond donors (Lipinski definition) is 1. The quantitative estimate of drug-likeness (QED) is 0.819. The third-order valence-corrected chi connectivity index (χ3v) is 5.43. The Morgan fingerprint density at radius 2 is 1.84 bits per heavy atom. The van der Waals surface area contributed by atoms with E-state index >= 15 is 0 Å². The van der Waals surface area contributed by atoms with Gasteiger partial charge in [0.25, 0.3) is 0 Å². The average Bonchev–Trinajstić information content (AvgIpc) is 2.37. The molecule has 0 aromatic heterocycles. The summed E-state index contributed by atoms with van der Waals surface area (Å²) in [5, 5.41) is 2.37. The van der Waals surface area contributed by atoms with Gasteiger partial charge in [0.05, 0.1) is 10.1 Å². The number of sulfone groups is 1. The predicted molar refractivity (Wildman–Crippen MR) is 70.8 cm³/mol. The van der Waals surface area contributed by atoms with Crippen LogP contribution in [-0.4, -0.2) is 26.3 Å². The van der Waals surface area contributed by atoms with Crippen LogP contribution in [0.4, 0.5) is 8.78 Å². The number of benzene rings is 1. The minimum atomic E-state index is -3.68. The molecule has 0 saturated carbocycles. The van der Waals surface area contributed by atoms with Gasteiger partial charge in [-0.15, -0.1) is 0 Å². The molecule has 3 nitrogen and oxygen atoms in total. The van der Waals surface area contributed by atoms with Crippen molar-refractivity contribution >= 4 is 9.84 Å². The topological polar surface area (TPSA) is 46.2 Å². The summed E-state index contributed by atoms with van der Waals surface area (Å²) in [5.41, 5.74) is 0. The Hall–Kier alpha value is -1.01. The van der Waals surface area contributed by atoms with E-state index in [2.05, 4.69) is 5.32 Å². The maximum absolute atomic E-state index is 13.1. The first-order valence-electron chi connectivity index (χ1n) is 6.23. The average molecular weight is 291 g/mol. The molecule has 0 aliphatic carbocycles. The Labute approximate surface area is 112 Å². The van der Waals surface area contributed by atoms with Gasteiger partial charge in [-0.05, 0) is 45.0 Å². The van der Waals surface area contributed by atoms with Crippen molar-refractivity contribution in [2.45, 2.75) is 43.4 Å². The van der Waals surface area contributed by atoms with Crippen molar-refractivity contribution in [3.63, 3.8) is 0 Å². The molecule has 6 heteroatoms. The van der Waals surface area contributed by atoms with Crippen LogP contribution in [0.2, 0.25) is 0 Å². The van der Waals surface area contributed by atoms with Crippen LogP contribution >= 0.6 is 0 Å². The summed E-state index contributed by atoms with van der Waals surface area (Å²) in [4.78, 5) is -0.191.